The SMILES string of the molecule is CCC1CN(C(=O)CSc2nnc3n(-c4ccc(C)cc4)c(=O)c4ccccc4n23)CCO1. The Kier molecular flexibility index (Phi) is 5.90. The van der Waals surface area contributed by atoms with Crippen molar-refractivity contribution >= 4 is 34.3 Å². The lowest BCUT2D eigenvalue weighted by atomic mass is 10.2. The van der Waals surface area contributed by atoms with Gasteiger partial charge in [0.2, 0.25) is 11.7 Å². The van der Waals surface area contributed by atoms with E-state index in [9.17, 15) is 9.59 Å². The molecule has 0 bridgehead atoms. The van der Waals surface area contributed by atoms with Crippen molar-refractivity contribution in [3.8, 4) is 5.69 Å². The van der Waals surface area contributed by atoms with Gasteiger partial charge in [-0.1, -0.05) is 48.5 Å². The fraction of sp³-hybridized carbons (Fsp3) is 0.333. The van der Waals surface area contributed by atoms with Crippen LogP contribution in [0.2, 0.25) is 0 Å². The zero-order valence-corrected chi connectivity index (χ0v) is 19.4. The molecule has 1 aliphatic rings. The molecule has 1 unspecified atom stereocenters. The summed E-state index contributed by atoms with van der Waals surface area (Å²) >= 11 is 1.34. The predicted octanol–water partition coefficient (Wildman–Crippen LogP) is 3.07. The van der Waals surface area contributed by atoms with E-state index in [2.05, 4.69) is 17.1 Å². The van der Waals surface area contributed by atoms with Gasteiger partial charge in [0, 0.05) is 13.1 Å². The third-order valence-electron chi connectivity index (χ3n) is 5.96. The van der Waals surface area contributed by atoms with Gasteiger partial charge in [-0.05, 0) is 37.6 Å². The highest BCUT2D eigenvalue weighted by Gasteiger charge is 2.24. The zero-order valence-electron chi connectivity index (χ0n) is 18.6. The lowest BCUT2D eigenvalue weighted by Crippen LogP contribution is -2.46. The molecule has 0 spiro atoms. The van der Waals surface area contributed by atoms with Gasteiger partial charge in [-0.15, -0.1) is 10.2 Å². The number of hydrogen-bond acceptors (Lipinski definition) is 6. The lowest BCUT2D eigenvalue weighted by molar-refractivity contribution is -0.135. The number of rotatable bonds is 5. The van der Waals surface area contributed by atoms with Crippen molar-refractivity contribution in [1.29, 1.82) is 0 Å². The molecule has 1 atom stereocenters. The number of fused-ring (bicyclic) bond motifs is 3. The number of aryl methyl sites for hydroxylation is 1. The minimum atomic E-state index is -0.152. The highest BCUT2D eigenvalue weighted by atomic mass is 32.2. The molecule has 9 heteroatoms. The molecule has 1 aliphatic heterocycles. The summed E-state index contributed by atoms with van der Waals surface area (Å²) in [7, 11) is 0. The van der Waals surface area contributed by atoms with Crippen molar-refractivity contribution in [2.75, 3.05) is 25.4 Å². The summed E-state index contributed by atoms with van der Waals surface area (Å²) in [5, 5.41) is 9.86. The number of nitrogens with zero attached hydrogens (tertiary/aromatic N) is 5. The van der Waals surface area contributed by atoms with E-state index < -0.39 is 0 Å². The molecule has 4 aromatic rings. The molecule has 0 aliphatic carbocycles. The molecule has 1 fully saturated rings. The summed E-state index contributed by atoms with van der Waals surface area (Å²) in [5.41, 5.74) is 2.40. The van der Waals surface area contributed by atoms with E-state index in [0.717, 1.165) is 23.2 Å². The Morgan fingerprint density at radius 2 is 1.94 bits per heavy atom. The number of carbonyl (C=O) groups is 1. The Morgan fingerprint density at radius 3 is 2.73 bits per heavy atom. The summed E-state index contributed by atoms with van der Waals surface area (Å²) in [6, 6.07) is 15.1. The number of hydrogen-bond donors (Lipinski definition) is 0. The van der Waals surface area contributed by atoms with Gasteiger partial charge in [-0.3, -0.25) is 14.0 Å². The maximum atomic E-state index is 13.4. The normalized spacial score (nSPS) is 16.5. The Bertz CT molecular complexity index is 1380. The molecule has 0 radical (unpaired) electrons. The molecule has 5 rings (SSSR count). The third kappa shape index (κ3) is 4.02. The molecular weight excluding hydrogens is 438 g/mol. The van der Waals surface area contributed by atoms with Crippen molar-refractivity contribution in [3.05, 3.63) is 64.4 Å². The molecule has 1 amide bonds. The van der Waals surface area contributed by atoms with Gasteiger partial charge in [0.15, 0.2) is 5.16 Å². The first kappa shape index (κ1) is 21.7. The van der Waals surface area contributed by atoms with Crippen LogP contribution >= 0.6 is 11.8 Å². The molecular formula is C24H25N5O3S. The highest BCUT2D eigenvalue weighted by molar-refractivity contribution is 7.99. The van der Waals surface area contributed by atoms with Crippen LogP contribution < -0.4 is 5.56 Å². The van der Waals surface area contributed by atoms with Crippen molar-refractivity contribution in [2.24, 2.45) is 0 Å². The van der Waals surface area contributed by atoms with E-state index in [0.29, 0.717) is 36.0 Å². The van der Waals surface area contributed by atoms with Crippen LogP contribution in [0.4, 0.5) is 0 Å². The van der Waals surface area contributed by atoms with Gasteiger partial charge in [0.05, 0.1) is 35.1 Å². The Hall–Kier alpha value is -3.17. The number of benzene rings is 2. The Morgan fingerprint density at radius 1 is 1.15 bits per heavy atom. The quantitative estimate of drug-likeness (QED) is 0.423. The van der Waals surface area contributed by atoms with Gasteiger partial charge in [-0.2, -0.15) is 0 Å². The number of carbonyl (C=O) groups excluding carboxylic acids is 1. The summed E-state index contributed by atoms with van der Waals surface area (Å²) in [6.07, 6.45) is 0.975. The number of thioether (sulfide) groups is 1. The third-order valence-corrected chi connectivity index (χ3v) is 6.87. The molecule has 0 saturated carbocycles. The Balaban J connectivity index is 1.54. The van der Waals surface area contributed by atoms with Crippen molar-refractivity contribution in [2.45, 2.75) is 31.5 Å². The predicted molar refractivity (Wildman–Crippen MR) is 128 cm³/mol. The second-order valence-corrected chi connectivity index (χ2v) is 9.08. The topological polar surface area (TPSA) is 81.7 Å². The molecule has 2 aromatic carbocycles. The summed E-state index contributed by atoms with van der Waals surface area (Å²) < 4.78 is 9.12. The second kappa shape index (κ2) is 8.99. The van der Waals surface area contributed by atoms with E-state index >= 15 is 0 Å². The van der Waals surface area contributed by atoms with Crippen LogP contribution in [0, 0.1) is 6.92 Å². The molecule has 33 heavy (non-hydrogen) atoms. The molecule has 0 N–H and O–H groups in total. The molecule has 8 nitrogen and oxygen atoms in total. The number of amides is 1. The van der Waals surface area contributed by atoms with E-state index in [1.807, 2.05) is 58.7 Å². The first-order valence-electron chi connectivity index (χ1n) is 11.0. The average molecular weight is 464 g/mol. The summed E-state index contributed by atoms with van der Waals surface area (Å²) in [6.45, 7) is 5.85. The van der Waals surface area contributed by atoms with Crippen LogP contribution in [0.25, 0.3) is 22.4 Å². The maximum absolute atomic E-state index is 13.4. The van der Waals surface area contributed by atoms with Crippen LogP contribution in [0.1, 0.15) is 18.9 Å². The number of para-hydroxylation sites is 1. The standard InChI is InChI=1S/C24H25N5O3S/c1-3-18-14-27(12-13-32-18)21(30)15-33-24-26-25-23-28(17-10-8-16(2)9-11-17)22(31)19-6-4-5-7-20(19)29(23)24/h4-11,18H,3,12-15H2,1-2H3. The summed E-state index contributed by atoms with van der Waals surface area (Å²) in [5.74, 6) is 0.722. The lowest BCUT2D eigenvalue weighted by Gasteiger charge is -2.32. The van der Waals surface area contributed by atoms with Crippen LogP contribution in [-0.2, 0) is 9.53 Å². The van der Waals surface area contributed by atoms with Crippen molar-refractivity contribution in [3.63, 3.8) is 0 Å². The second-order valence-electron chi connectivity index (χ2n) is 8.14. The highest BCUT2D eigenvalue weighted by Crippen LogP contribution is 2.24. The largest absolute Gasteiger partial charge is 0.375 e. The van der Waals surface area contributed by atoms with E-state index in [4.69, 9.17) is 4.74 Å². The van der Waals surface area contributed by atoms with Crippen molar-refractivity contribution in [1.82, 2.24) is 24.1 Å². The van der Waals surface area contributed by atoms with E-state index in [1.54, 1.807) is 10.6 Å². The van der Waals surface area contributed by atoms with Crippen LogP contribution in [0.5, 0.6) is 0 Å². The molecule has 1 saturated heterocycles. The maximum Gasteiger partial charge on any atom is 0.267 e. The number of ether oxygens (including phenoxy) is 1. The fourth-order valence-corrected chi connectivity index (χ4v) is 4.95. The van der Waals surface area contributed by atoms with E-state index in [1.165, 1.54) is 11.8 Å². The van der Waals surface area contributed by atoms with Crippen LogP contribution in [-0.4, -0.2) is 61.5 Å². The smallest absolute Gasteiger partial charge is 0.267 e. The van der Waals surface area contributed by atoms with Gasteiger partial charge in [0.1, 0.15) is 0 Å². The van der Waals surface area contributed by atoms with Gasteiger partial charge >= 0.3 is 0 Å². The van der Waals surface area contributed by atoms with Gasteiger partial charge in [0.25, 0.3) is 5.56 Å². The summed E-state index contributed by atoms with van der Waals surface area (Å²) in [4.78, 5) is 28.1. The monoisotopic (exact) mass is 463 g/mol. The average Bonchev–Trinajstić information content (AvgIpc) is 3.27. The Labute approximate surface area is 195 Å². The minimum absolute atomic E-state index is 0.0506. The minimum Gasteiger partial charge on any atom is -0.375 e. The van der Waals surface area contributed by atoms with Crippen LogP contribution in [0.15, 0.2) is 58.5 Å². The van der Waals surface area contributed by atoms with Gasteiger partial charge in [-0.25, -0.2) is 4.57 Å². The number of aromatic nitrogens is 4. The van der Waals surface area contributed by atoms with Crippen molar-refractivity contribution < 1.29 is 9.53 Å². The van der Waals surface area contributed by atoms with E-state index in [-0.39, 0.29) is 23.3 Å². The fourth-order valence-electron chi connectivity index (χ4n) is 4.11. The number of morpholine rings is 1. The molecule has 170 valence electrons. The zero-order chi connectivity index (χ0) is 22.9. The molecule has 3 heterocycles. The molecule has 2 aromatic heterocycles. The first-order valence-corrected chi connectivity index (χ1v) is 12.0. The van der Waals surface area contributed by atoms with Gasteiger partial charge < -0.3 is 9.64 Å². The first-order chi connectivity index (χ1) is 16.1. The van der Waals surface area contributed by atoms with Crippen LogP contribution in [0.3, 0.4) is 0 Å².